The molecule has 138 valence electrons. The maximum absolute atomic E-state index is 12.5. The zero-order valence-electron chi connectivity index (χ0n) is 14.1. The lowest BCUT2D eigenvalue weighted by molar-refractivity contribution is -0.140. The number of carboxylic acids is 1. The second-order valence-corrected chi connectivity index (χ2v) is 8.01. The van der Waals surface area contributed by atoms with Crippen LogP contribution in [-0.4, -0.2) is 62.1 Å². The summed E-state index contributed by atoms with van der Waals surface area (Å²) < 4.78 is 31.5. The molecule has 1 fully saturated rings. The largest absolute Gasteiger partial charge is 0.480 e. The van der Waals surface area contributed by atoms with E-state index in [1.54, 1.807) is 13.8 Å². The predicted octanol–water partition coefficient (Wildman–Crippen LogP) is 0.547. The molecule has 1 aromatic carbocycles. The van der Waals surface area contributed by atoms with Crippen LogP contribution in [0.15, 0.2) is 29.2 Å². The van der Waals surface area contributed by atoms with E-state index in [1.165, 1.54) is 28.6 Å². The molecule has 0 aromatic heterocycles. The van der Waals surface area contributed by atoms with Gasteiger partial charge in [-0.3, -0.25) is 4.79 Å². The van der Waals surface area contributed by atoms with Crippen LogP contribution < -0.4 is 5.32 Å². The molecule has 1 aliphatic rings. The predicted molar refractivity (Wildman–Crippen MR) is 89.7 cm³/mol. The van der Waals surface area contributed by atoms with Crippen LogP contribution in [0.2, 0.25) is 0 Å². The first kappa shape index (κ1) is 19.4. The Labute approximate surface area is 146 Å². The normalized spacial score (nSPS) is 17.2. The minimum atomic E-state index is -3.63. The van der Waals surface area contributed by atoms with Gasteiger partial charge in [-0.25, -0.2) is 13.2 Å². The number of rotatable bonds is 6. The van der Waals surface area contributed by atoms with Crippen LogP contribution in [0.3, 0.4) is 0 Å². The number of carboxylic acid groups (broad SMARTS) is 1. The Morgan fingerprint density at radius 1 is 1.16 bits per heavy atom. The monoisotopic (exact) mass is 370 g/mol. The van der Waals surface area contributed by atoms with Gasteiger partial charge in [-0.05, 0) is 30.2 Å². The van der Waals surface area contributed by atoms with Gasteiger partial charge in [0.15, 0.2) is 0 Å². The molecule has 1 atom stereocenters. The van der Waals surface area contributed by atoms with E-state index >= 15 is 0 Å². The molecule has 0 radical (unpaired) electrons. The minimum absolute atomic E-state index is 0.0876. The highest BCUT2D eigenvalue weighted by atomic mass is 32.2. The Kier molecular flexibility index (Phi) is 6.15. The van der Waals surface area contributed by atoms with Crippen LogP contribution in [0, 0.1) is 5.92 Å². The summed E-state index contributed by atoms with van der Waals surface area (Å²) in [5.74, 6) is -1.95. The highest BCUT2D eigenvalue weighted by Gasteiger charge is 2.27. The van der Waals surface area contributed by atoms with Gasteiger partial charge in [0, 0.05) is 18.7 Å². The van der Waals surface area contributed by atoms with Crippen molar-refractivity contribution in [2.75, 3.05) is 26.3 Å². The first-order valence-electron chi connectivity index (χ1n) is 7.95. The summed E-state index contributed by atoms with van der Waals surface area (Å²) in [6, 6.07) is 4.45. The number of morpholine rings is 1. The maximum Gasteiger partial charge on any atom is 0.326 e. The molecular weight excluding hydrogens is 348 g/mol. The van der Waals surface area contributed by atoms with Gasteiger partial charge in [0.25, 0.3) is 5.91 Å². The highest BCUT2D eigenvalue weighted by molar-refractivity contribution is 7.89. The zero-order valence-corrected chi connectivity index (χ0v) is 15.0. The van der Waals surface area contributed by atoms with E-state index in [1.807, 2.05) is 0 Å². The SMILES string of the molecule is CC(C)[C@H](NC(=O)c1ccc(S(=O)(=O)N2CCOCC2)cc1)C(=O)O. The lowest BCUT2D eigenvalue weighted by atomic mass is 10.0. The number of hydrogen-bond donors (Lipinski definition) is 2. The third-order valence-electron chi connectivity index (χ3n) is 3.94. The van der Waals surface area contributed by atoms with Crippen molar-refractivity contribution in [2.45, 2.75) is 24.8 Å². The van der Waals surface area contributed by atoms with Crippen molar-refractivity contribution >= 4 is 21.9 Å². The summed E-state index contributed by atoms with van der Waals surface area (Å²) in [6.45, 7) is 4.67. The lowest BCUT2D eigenvalue weighted by Crippen LogP contribution is -2.44. The summed E-state index contributed by atoms with van der Waals surface area (Å²) in [6.07, 6.45) is 0. The topological polar surface area (TPSA) is 113 Å². The van der Waals surface area contributed by atoms with Gasteiger partial charge in [0.05, 0.1) is 18.1 Å². The van der Waals surface area contributed by atoms with E-state index in [-0.39, 0.29) is 16.4 Å². The van der Waals surface area contributed by atoms with Crippen molar-refractivity contribution in [1.29, 1.82) is 0 Å². The first-order chi connectivity index (χ1) is 11.7. The molecule has 1 saturated heterocycles. The Morgan fingerprint density at radius 3 is 2.20 bits per heavy atom. The van der Waals surface area contributed by atoms with Crippen molar-refractivity contribution in [3.8, 4) is 0 Å². The average molecular weight is 370 g/mol. The summed E-state index contributed by atoms with van der Waals surface area (Å²) >= 11 is 0. The second kappa shape index (κ2) is 7.94. The van der Waals surface area contributed by atoms with E-state index < -0.39 is 27.9 Å². The molecule has 1 heterocycles. The van der Waals surface area contributed by atoms with Crippen molar-refractivity contribution < 1.29 is 27.9 Å². The molecule has 0 bridgehead atoms. The van der Waals surface area contributed by atoms with Crippen LogP contribution >= 0.6 is 0 Å². The molecule has 0 aliphatic carbocycles. The molecule has 2 N–H and O–H groups in total. The third-order valence-corrected chi connectivity index (χ3v) is 5.86. The van der Waals surface area contributed by atoms with Crippen LogP contribution in [0.5, 0.6) is 0 Å². The fourth-order valence-corrected chi connectivity index (χ4v) is 3.86. The number of sulfonamides is 1. The fourth-order valence-electron chi connectivity index (χ4n) is 2.45. The first-order valence-corrected chi connectivity index (χ1v) is 9.39. The van der Waals surface area contributed by atoms with E-state index in [0.717, 1.165) is 0 Å². The van der Waals surface area contributed by atoms with Gasteiger partial charge >= 0.3 is 5.97 Å². The van der Waals surface area contributed by atoms with Crippen LogP contribution in [-0.2, 0) is 19.6 Å². The number of ether oxygens (including phenoxy) is 1. The molecule has 1 aromatic rings. The Bertz CT molecular complexity index is 723. The van der Waals surface area contributed by atoms with Crippen molar-refractivity contribution in [3.63, 3.8) is 0 Å². The van der Waals surface area contributed by atoms with E-state index in [2.05, 4.69) is 5.32 Å². The van der Waals surface area contributed by atoms with Gasteiger partial charge in [0.2, 0.25) is 10.0 Å². The molecule has 1 amide bonds. The molecule has 9 heteroatoms. The lowest BCUT2D eigenvalue weighted by Gasteiger charge is -2.26. The maximum atomic E-state index is 12.5. The van der Waals surface area contributed by atoms with Gasteiger partial charge in [0.1, 0.15) is 6.04 Å². The summed E-state index contributed by atoms with van der Waals surface area (Å²) in [7, 11) is -3.63. The summed E-state index contributed by atoms with van der Waals surface area (Å²) in [5, 5.41) is 11.6. The van der Waals surface area contributed by atoms with Gasteiger partial charge in [-0.2, -0.15) is 4.31 Å². The molecule has 8 nitrogen and oxygen atoms in total. The van der Waals surface area contributed by atoms with Crippen molar-refractivity contribution in [2.24, 2.45) is 5.92 Å². The number of hydrogen-bond acceptors (Lipinski definition) is 5. The molecule has 1 aliphatic heterocycles. The molecule has 2 rings (SSSR count). The highest BCUT2D eigenvalue weighted by Crippen LogP contribution is 2.18. The number of amides is 1. The molecule has 0 unspecified atom stereocenters. The van der Waals surface area contributed by atoms with E-state index in [4.69, 9.17) is 9.84 Å². The van der Waals surface area contributed by atoms with Gasteiger partial charge < -0.3 is 15.2 Å². The van der Waals surface area contributed by atoms with Gasteiger partial charge in [-0.15, -0.1) is 0 Å². The van der Waals surface area contributed by atoms with Crippen LogP contribution in [0.4, 0.5) is 0 Å². The van der Waals surface area contributed by atoms with Crippen LogP contribution in [0.25, 0.3) is 0 Å². The number of carbonyl (C=O) groups excluding carboxylic acids is 1. The van der Waals surface area contributed by atoms with E-state index in [0.29, 0.717) is 26.3 Å². The number of nitrogens with zero attached hydrogens (tertiary/aromatic N) is 1. The Morgan fingerprint density at radius 2 is 1.72 bits per heavy atom. The summed E-state index contributed by atoms with van der Waals surface area (Å²) in [5.41, 5.74) is 0.202. The quantitative estimate of drug-likeness (QED) is 0.756. The van der Waals surface area contributed by atoms with Gasteiger partial charge in [-0.1, -0.05) is 13.8 Å². The third kappa shape index (κ3) is 4.56. The number of carbonyl (C=O) groups is 2. The molecular formula is C16H22N2O6S. The number of nitrogens with one attached hydrogen (secondary N) is 1. The molecule has 0 spiro atoms. The molecule has 25 heavy (non-hydrogen) atoms. The average Bonchev–Trinajstić information content (AvgIpc) is 2.59. The second-order valence-electron chi connectivity index (χ2n) is 6.07. The zero-order chi connectivity index (χ0) is 18.6. The standard InChI is InChI=1S/C16H22N2O6S/c1-11(2)14(16(20)21)17-15(19)12-3-5-13(6-4-12)25(22,23)18-7-9-24-10-8-18/h3-6,11,14H,7-10H2,1-2H3,(H,17,19)(H,20,21)/t14-/m0/s1. The van der Waals surface area contributed by atoms with E-state index in [9.17, 15) is 18.0 Å². The smallest absolute Gasteiger partial charge is 0.326 e. The summed E-state index contributed by atoms with van der Waals surface area (Å²) in [4.78, 5) is 23.4. The van der Waals surface area contributed by atoms with Crippen molar-refractivity contribution in [3.05, 3.63) is 29.8 Å². The van der Waals surface area contributed by atoms with Crippen LogP contribution in [0.1, 0.15) is 24.2 Å². The van der Waals surface area contributed by atoms with Crippen molar-refractivity contribution in [1.82, 2.24) is 9.62 Å². The minimum Gasteiger partial charge on any atom is -0.480 e. The number of benzene rings is 1. The Balaban J connectivity index is 2.13. The fraction of sp³-hybridized carbons (Fsp3) is 0.500. The molecule has 0 saturated carbocycles. The number of aliphatic carboxylic acids is 1. The Hall–Kier alpha value is -1.97.